The molecule has 1 aliphatic rings. The predicted molar refractivity (Wildman–Crippen MR) is 34.7 cm³/mol. The van der Waals surface area contributed by atoms with Gasteiger partial charge in [0.25, 0.3) is 0 Å². The van der Waals surface area contributed by atoms with Gasteiger partial charge in [-0.15, -0.1) is 6.58 Å². The second kappa shape index (κ2) is 4.81. The highest BCUT2D eigenvalue weighted by molar-refractivity contribution is 4.67. The Kier molecular flexibility index (Phi) is 4.61. The van der Waals surface area contributed by atoms with Crippen LogP contribution in [0.3, 0.4) is 0 Å². The zero-order valence-corrected chi connectivity index (χ0v) is 5.26. The van der Waals surface area contributed by atoms with E-state index in [2.05, 4.69) is 6.58 Å². The van der Waals surface area contributed by atoms with Gasteiger partial charge in [0.05, 0.1) is 12.7 Å². The molecule has 8 heavy (non-hydrogen) atoms. The Hall–Kier alpha value is -0.340. The highest BCUT2D eigenvalue weighted by Crippen LogP contribution is 2.03. The monoisotopic (exact) mass is 115 g/mol. The zero-order chi connectivity index (χ0) is 6.41. The van der Waals surface area contributed by atoms with Gasteiger partial charge in [-0.1, -0.05) is 6.08 Å². The van der Waals surface area contributed by atoms with Crippen LogP contribution >= 0.6 is 0 Å². The molecular weight excluding hydrogens is 102 g/mol. The van der Waals surface area contributed by atoms with E-state index in [-0.39, 0.29) is 0 Å². The quantitative estimate of drug-likeness (QED) is 0.400. The van der Waals surface area contributed by atoms with E-state index in [9.17, 15) is 0 Å². The molecule has 0 aromatic rings. The third kappa shape index (κ3) is 5.66. The van der Waals surface area contributed by atoms with Gasteiger partial charge in [0.15, 0.2) is 0 Å². The second-order valence-corrected chi connectivity index (χ2v) is 1.60. The highest BCUT2D eigenvalue weighted by Gasteiger charge is 2.18. The molecule has 0 spiro atoms. The molecule has 1 atom stereocenters. The van der Waals surface area contributed by atoms with Crippen molar-refractivity contribution in [3.05, 3.63) is 12.7 Å². The fraction of sp³-hybridized carbons (Fsp3) is 0.667. The maximum atomic E-state index is 5.11. The molecule has 1 unspecified atom stereocenters. The van der Waals surface area contributed by atoms with Crippen LogP contribution in [0.1, 0.15) is 6.92 Å². The molecule has 1 saturated heterocycles. The fourth-order valence-electron chi connectivity index (χ4n) is 0.204. The van der Waals surface area contributed by atoms with Gasteiger partial charge in [-0.2, -0.15) is 0 Å². The molecule has 2 nitrogen and oxygen atoms in total. The Morgan fingerprint density at radius 3 is 2.38 bits per heavy atom. The lowest BCUT2D eigenvalue weighted by atomic mass is 10.5. The van der Waals surface area contributed by atoms with Crippen LogP contribution in [0.4, 0.5) is 0 Å². The Balaban J connectivity index is 0.000000145. The second-order valence-electron chi connectivity index (χ2n) is 1.60. The maximum absolute atomic E-state index is 5.11. The first-order valence-corrected chi connectivity index (χ1v) is 2.73. The lowest BCUT2D eigenvalue weighted by Gasteiger charge is -1.71. The molecule has 1 heterocycles. The van der Waals surface area contributed by atoms with Gasteiger partial charge in [-0.25, -0.2) is 0 Å². The number of allylic oxidation sites excluding steroid dienone is 1. The van der Waals surface area contributed by atoms with Crippen molar-refractivity contribution in [1.82, 2.24) is 0 Å². The molecule has 0 amide bonds. The molecule has 0 aliphatic carbocycles. The van der Waals surface area contributed by atoms with Crippen molar-refractivity contribution in [3.8, 4) is 0 Å². The number of hydrogen-bond acceptors (Lipinski definition) is 2. The molecule has 0 saturated carbocycles. The minimum Gasteiger partial charge on any atom is -0.372 e. The highest BCUT2D eigenvalue weighted by atomic mass is 16.6. The first-order valence-electron chi connectivity index (χ1n) is 2.73. The fourth-order valence-corrected chi connectivity index (χ4v) is 0.204. The van der Waals surface area contributed by atoms with Crippen molar-refractivity contribution < 1.29 is 4.74 Å². The molecule has 1 aliphatic heterocycles. The van der Waals surface area contributed by atoms with E-state index in [0.29, 0.717) is 12.6 Å². The van der Waals surface area contributed by atoms with Crippen molar-refractivity contribution in [2.24, 2.45) is 5.73 Å². The van der Waals surface area contributed by atoms with Crippen molar-refractivity contribution in [2.45, 2.75) is 13.0 Å². The Morgan fingerprint density at radius 2 is 2.38 bits per heavy atom. The molecule has 2 heteroatoms. The number of nitrogens with two attached hydrogens (primary N) is 1. The van der Waals surface area contributed by atoms with Crippen molar-refractivity contribution in [1.29, 1.82) is 0 Å². The molecule has 0 aromatic heterocycles. The van der Waals surface area contributed by atoms with E-state index in [4.69, 9.17) is 10.5 Å². The SMILES string of the molecule is C=CC.NCC1CO1. The van der Waals surface area contributed by atoms with Crippen LogP contribution in [0.15, 0.2) is 12.7 Å². The summed E-state index contributed by atoms with van der Waals surface area (Å²) < 4.78 is 4.73. The Labute approximate surface area is 50.3 Å². The minimum atomic E-state index is 0.412. The lowest BCUT2D eigenvalue weighted by Crippen LogP contribution is -2.05. The first-order chi connectivity index (χ1) is 3.85. The molecule has 0 radical (unpaired) electrons. The van der Waals surface area contributed by atoms with Gasteiger partial charge in [-0.3, -0.25) is 0 Å². The third-order valence-electron chi connectivity index (χ3n) is 0.665. The van der Waals surface area contributed by atoms with Crippen LogP contribution in [-0.2, 0) is 4.74 Å². The van der Waals surface area contributed by atoms with Gasteiger partial charge in [0.1, 0.15) is 0 Å². The summed E-state index contributed by atoms with van der Waals surface area (Å²) in [7, 11) is 0. The van der Waals surface area contributed by atoms with E-state index >= 15 is 0 Å². The van der Waals surface area contributed by atoms with Crippen LogP contribution in [0, 0.1) is 0 Å². The van der Waals surface area contributed by atoms with Gasteiger partial charge < -0.3 is 10.5 Å². The molecule has 48 valence electrons. The van der Waals surface area contributed by atoms with E-state index in [0.717, 1.165) is 6.61 Å². The molecule has 1 rings (SSSR count). The smallest absolute Gasteiger partial charge is 0.0931 e. The van der Waals surface area contributed by atoms with E-state index in [1.54, 1.807) is 6.08 Å². The molecule has 0 bridgehead atoms. The average Bonchev–Trinajstić information content (AvgIpc) is 2.48. The summed E-state index contributed by atoms with van der Waals surface area (Å²) in [5, 5.41) is 0. The van der Waals surface area contributed by atoms with Crippen LogP contribution in [0.5, 0.6) is 0 Å². The van der Waals surface area contributed by atoms with Gasteiger partial charge in [0.2, 0.25) is 0 Å². The van der Waals surface area contributed by atoms with Gasteiger partial charge in [0, 0.05) is 6.54 Å². The average molecular weight is 115 g/mol. The van der Waals surface area contributed by atoms with E-state index < -0.39 is 0 Å². The number of ether oxygens (including phenoxy) is 1. The summed E-state index contributed by atoms with van der Waals surface area (Å²) in [6, 6.07) is 0. The standard InChI is InChI=1S/C3H7NO.C3H6/c4-1-3-2-5-3;1-3-2/h3H,1-2,4H2;3H,1H2,2H3. The summed E-state index contributed by atoms with van der Waals surface area (Å²) in [5.41, 5.74) is 5.11. The molecule has 0 aromatic carbocycles. The number of rotatable bonds is 1. The molecule has 2 N–H and O–H groups in total. The zero-order valence-electron chi connectivity index (χ0n) is 5.26. The first kappa shape index (κ1) is 7.66. The van der Waals surface area contributed by atoms with Crippen LogP contribution < -0.4 is 5.73 Å². The van der Waals surface area contributed by atoms with Crippen molar-refractivity contribution in [3.63, 3.8) is 0 Å². The van der Waals surface area contributed by atoms with E-state index in [1.165, 1.54) is 0 Å². The van der Waals surface area contributed by atoms with Crippen LogP contribution in [-0.4, -0.2) is 19.3 Å². The molecule has 1 fully saturated rings. The Morgan fingerprint density at radius 1 is 2.00 bits per heavy atom. The number of epoxide rings is 1. The molecular formula is C6H13NO. The minimum absolute atomic E-state index is 0.412. The summed E-state index contributed by atoms with van der Waals surface area (Å²) in [6.45, 7) is 6.83. The maximum Gasteiger partial charge on any atom is 0.0931 e. The normalized spacial score (nSPS) is 23.0. The summed E-state index contributed by atoms with van der Waals surface area (Å²) in [4.78, 5) is 0. The lowest BCUT2D eigenvalue weighted by molar-refractivity contribution is 0.412. The van der Waals surface area contributed by atoms with Crippen molar-refractivity contribution >= 4 is 0 Å². The Bertz CT molecular complexity index is 59.5. The van der Waals surface area contributed by atoms with E-state index in [1.807, 2.05) is 6.92 Å². The third-order valence-corrected chi connectivity index (χ3v) is 0.665. The van der Waals surface area contributed by atoms with Crippen LogP contribution in [0.2, 0.25) is 0 Å². The predicted octanol–water partition coefficient (Wildman–Crippen LogP) is 0.536. The van der Waals surface area contributed by atoms with Crippen LogP contribution in [0.25, 0.3) is 0 Å². The summed E-state index contributed by atoms with van der Waals surface area (Å²) in [5.74, 6) is 0. The number of hydrogen-bond donors (Lipinski definition) is 1. The van der Waals surface area contributed by atoms with Gasteiger partial charge >= 0.3 is 0 Å². The summed E-state index contributed by atoms with van der Waals surface area (Å²) >= 11 is 0. The largest absolute Gasteiger partial charge is 0.372 e. The summed E-state index contributed by atoms with van der Waals surface area (Å²) in [6.07, 6.45) is 2.16. The van der Waals surface area contributed by atoms with Crippen molar-refractivity contribution in [2.75, 3.05) is 13.2 Å². The van der Waals surface area contributed by atoms with Gasteiger partial charge in [-0.05, 0) is 6.92 Å². The topological polar surface area (TPSA) is 38.5 Å².